The van der Waals surface area contributed by atoms with E-state index in [-0.39, 0.29) is 18.4 Å². The second-order valence-electron chi connectivity index (χ2n) is 5.90. The van der Waals surface area contributed by atoms with Crippen LogP contribution >= 0.6 is 0 Å². The summed E-state index contributed by atoms with van der Waals surface area (Å²) in [6, 6.07) is 0. The van der Waals surface area contributed by atoms with Crippen molar-refractivity contribution in [2.24, 2.45) is 5.92 Å². The average Bonchev–Trinajstić information content (AvgIpc) is 2.82. The molecule has 0 bridgehead atoms. The van der Waals surface area contributed by atoms with E-state index < -0.39 is 5.97 Å². The second kappa shape index (κ2) is 8.95. The maximum atomic E-state index is 11.9. The standard InChI is InChI=1S/C15H27NO4/c1-12(2)8-10-20-13-7-9-16(11-13)14(17)5-3-4-6-15(18)19/h12-13H,3-11H2,1-2H3,(H,18,19). The third-order valence-electron chi connectivity index (χ3n) is 3.58. The zero-order chi connectivity index (χ0) is 15.0. The van der Waals surface area contributed by atoms with Gasteiger partial charge in [0.25, 0.3) is 0 Å². The van der Waals surface area contributed by atoms with Crippen molar-refractivity contribution in [3.8, 4) is 0 Å². The summed E-state index contributed by atoms with van der Waals surface area (Å²) in [4.78, 5) is 24.2. The fourth-order valence-electron chi connectivity index (χ4n) is 2.27. The van der Waals surface area contributed by atoms with Crippen LogP contribution < -0.4 is 0 Å². The van der Waals surface area contributed by atoms with Gasteiger partial charge in [0, 0.05) is 32.5 Å². The topological polar surface area (TPSA) is 66.8 Å². The zero-order valence-electron chi connectivity index (χ0n) is 12.6. The fraction of sp³-hybridized carbons (Fsp3) is 0.867. The highest BCUT2D eigenvalue weighted by atomic mass is 16.5. The van der Waals surface area contributed by atoms with Crippen LogP contribution in [0.3, 0.4) is 0 Å². The average molecular weight is 285 g/mol. The number of carboxylic acids is 1. The fourth-order valence-corrected chi connectivity index (χ4v) is 2.27. The first-order chi connectivity index (χ1) is 9.49. The Balaban J connectivity index is 2.12. The van der Waals surface area contributed by atoms with Crippen molar-refractivity contribution >= 4 is 11.9 Å². The van der Waals surface area contributed by atoms with Gasteiger partial charge in [-0.3, -0.25) is 9.59 Å². The molecule has 1 aliphatic rings. The maximum absolute atomic E-state index is 11.9. The normalized spacial score (nSPS) is 18.8. The van der Waals surface area contributed by atoms with Gasteiger partial charge in [0.2, 0.25) is 5.91 Å². The molecule has 1 amide bonds. The van der Waals surface area contributed by atoms with E-state index in [1.807, 2.05) is 4.90 Å². The lowest BCUT2D eigenvalue weighted by Gasteiger charge is -2.17. The van der Waals surface area contributed by atoms with Crippen LogP contribution in [0.4, 0.5) is 0 Å². The Labute approximate surface area is 121 Å². The molecule has 1 rings (SSSR count). The van der Waals surface area contributed by atoms with Crippen molar-refractivity contribution in [1.29, 1.82) is 0 Å². The molecule has 1 unspecified atom stereocenters. The van der Waals surface area contributed by atoms with Crippen LogP contribution in [-0.4, -0.2) is 47.7 Å². The highest BCUT2D eigenvalue weighted by molar-refractivity contribution is 5.76. The van der Waals surface area contributed by atoms with Crippen molar-refractivity contribution in [2.45, 2.75) is 58.5 Å². The van der Waals surface area contributed by atoms with Gasteiger partial charge in [-0.05, 0) is 31.6 Å². The molecule has 116 valence electrons. The molecular formula is C15H27NO4. The number of aliphatic carboxylic acids is 1. The van der Waals surface area contributed by atoms with E-state index in [2.05, 4.69) is 13.8 Å². The molecule has 0 aromatic carbocycles. The Morgan fingerprint density at radius 1 is 1.30 bits per heavy atom. The minimum absolute atomic E-state index is 0.130. The zero-order valence-corrected chi connectivity index (χ0v) is 12.6. The molecular weight excluding hydrogens is 258 g/mol. The summed E-state index contributed by atoms with van der Waals surface area (Å²) in [6.07, 6.45) is 3.97. The van der Waals surface area contributed by atoms with Crippen LogP contribution in [0.2, 0.25) is 0 Å². The van der Waals surface area contributed by atoms with Gasteiger partial charge in [-0.25, -0.2) is 0 Å². The van der Waals surface area contributed by atoms with Gasteiger partial charge in [-0.1, -0.05) is 13.8 Å². The number of unbranched alkanes of at least 4 members (excludes halogenated alkanes) is 1. The molecule has 5 heteroatoms. The number of ether oxygens (including phenoxy) is 1. The third-order valence-corrected chi connectivity index (χ3v) is 3.58. The number of hydrogen-bond donors (Lipinski definition) is 1. The van der Waals surface area contributed by atoms with E-state index in [4.69, 9.17) is 9.84 Å². The van der Waals surface area contributed by atoms with Gasteiger partial charge in [-0.2, -0.15) is 0 Å². The number of carbonyl (C=O) groups excluding carboxylic acids is 1. The molecule has 0 radical (unpaired) electrons. The SMILES string of the molecule is CC(C)CCOC1CCN(C(=O)CCCCC(=O)O)C1. The summed E-state index contributed by atoms with van der Waals surface area (Å²) in [5.74, 6) is -0.0223. The van der Waals surface area contributed by atoms with Gasteiger partial charge in [0.1, 0.15) is 0 Å². The van der Waals surface area contributed by atoms with Crippen LogP contribution in [0.15, 0.2) is 0 Å². The first-order valence-corrected chi connectivity index (χ1v) is 7.60. The quantitative estimate of drug-likeness (QED) is 0.660. The summed E-state index contributed by atoms with van der Waals surface area (Å²) in [5, 5.41) is 8.53. The molecule has 0 aliphatic carbocycles. The van der Waals surface area contributed by atoms with Crippen molar-refractivity contribution in [1.82, 2.24) is 4.90 Å². The maximum Gasteiger partial charge on any atom is 0.303 e. The number of hydrogen-bond acceptors (Lipinski definition) is 3. The lowest BCUT2D eigenvalue weighted by Crippen LogP contribution is -2.30. The Bertz CT molecular complexity index is 317. The molecule has 0 saturated carbocycles. The third kappa shape index (κ3) is 6.89. The second-order valence-corrected chi connectivity index (χ2v) is 5.90. The van der Waals surface area contributed by atoms with E-state index in [1.54, 1.807) is 0 Å². The summed E-state index contributed by atoms with van der Waals surface area (Å²) < 4.78 is 5.78. The largest absolute Gasteiger partial charge is 0.481 e. The van der Waals surface area contributed by atoms with E-state index in [0.717, 1.165) is 26.0 Å². The van der Waals surface area contributed by atoms with Crippen LogP contribution in [0.1, 0.15) is 52.4 Å². The molecule has 1 heterocycles. The molecule has 1 fully saturated rings. The Hall–Kier alpha value is -1.10. The first-order valence-electron chi connectivity index (χ1n) is 7.60. The molecule has 0 aromatic rings. The predicted octanol–water partition coefficient (Wildman–Crippen LogP) is 2.29. The van der Waals surface area contributed by atoms with Crippen molar-refractivity contribution in [2.75, 3.05) is 19.7 Å². The Morgan fingerprint density at radius 2 is 2.00 bits per heavy atom. The van der Waals surface area contributed by atoms with Crippen LogP contribution in [0.25, 0.3) is 0 Å². The lowest BCUT2D eigenvalue weighted by molar-refractivity contribution is -0.137. The summed E-state index contributed by atoms with van der Waals surface area (Å²) >= 11 is 0. The Kier molecular flexibility index (Phi) is 7.59. The summed E-state index contributed by atoms with van der Waals surface area (Å²) in [5.41, 5.74) is 0. The molecule has 1 atom stereocenters. The molecule has 1 saturated heterocycles. The molecule has 20 heavy (non-hydrogen) atoms. The number of nitrogens with zero attached hydrogens (tertiary/aromatic N) is 1. The van der Waals surface area contributed by atoms with Gasteiger partial charge in [-0.15, -0.1) is 0 Å². The molecule has 5 nitrogen and oxygen atoms in total. The van der Waals surface area contributed by atoms with E-state index in [1.165, 1.54) is 0 Å². The van der Waals surface area contributed by atoms with Crippen molar-refractivity contribution in [3.05, 3.63) is 0 Å². The number of amides is 1. The lowest BCUT2D eigenvalue weighted by atomic mass is 10.1. The predicted molar refractivity (Wildman–Crippen MR) is 76.5 cm³/mol. The van der Waals surface area contributed by atoms with Crippen molar-refractivity contribution in [3.63, 3.8) is 0 Å². The van der Waals surface area contributed by atoms with Gasteiger partial charge in [0.05, 0.1) is 6.10 Å². The van der Waals surface area contributed by atoms with Crippen LogP contribution in [0, 0.1) is 5.92 Å². The van der Waals surface area contributed by atoms with E-state index in [9.17, 15) is 9.59 Å². The number of carbonyl (C=O) groups is 2. The minimum Gasteiger partial charge on any atom is -0.481 e. The van der Waals surface area contributed by atoms with Gasteiger partial charge >= 0.3 is 5.97 Å². The van der Waals surface area contributed by atoms with E-state index in [0.29, 0.717) is 31.7 Å². The van der Waals surface area contributed by atoms with Crippen LogP contribution in [0.5, 0.6) is 0 Å². The molecule has 1 aliphatic heterocycles. The van der Waals surface area contributed by atoms with Gasteiger partial charge in [0.15, 0.2) is 0 Å². The smallest absolute Gasteiger partial charge is 0.303 e. The first kappa shape index (κ1) is 17.0. The summed E-state index contributed by atoms with van der Waals surface area (Å²) in [7, 11) is 0. The Morgan fingerprint density at radius 3 is 2.65 bits per heavy atom. The molecule has 0 aromatic heterocycles. The monoisotopic (exact) mass is 285 g/mol. The molecule has 1 N–H and O–H groups in total. The number of likely N-dealkylation sites (tertiary alicyclic amines) is 1. The minimum atomic E-state index is -0.794. The van der Waals surface area contributed by atoms with Crippen LogP contribution in [-0.2, 0) is 14.3 Å². The van der Waals surface area contributed by atoms with Gasteiger partial charge < -0.3 is 14.7 Å². The highest BCUT2D eigenvalue weighted by Crippen LogP contribution is 2.16. The highest BCUT2D eigenvalue weighted by Gasteiger charge is 2.26. The van der Waals surface area contributed by atoms with E-state index >= 15 is 0 Å². The number of carboxylic acid groups (broad SMARTS) is 1. The summed E-state index contributed by atoms with van der Waals surface area (Å²) in [6.45, 7) is 6.57. The number of rotatable bonds is 9. The van der Waals surface area contributed by atoms with Crippen molar-refractivity contribution < 1.29 is 19.4 Å². The molecule has 0 spiro atoms.